The number of hydrogen-bond donors (Lipinski definition) is 3. The zero-order chi connectivity index (χ0) is 28.5. The second-order valence-corrected chi connectivity index (χ2v) is 12.2. The van der Waals surface area contributed by atoms with Crippen molar-refractivity contribution in [2.45, 2.75) is 116 Å². The molecule has 4 rings (SSSR count). The number of aliphatic hydroxyl groups is 2. The van der Waals surface area contributed by atoms with Gasteiger partial charge in [0.15, 0.2) is 5.58 Å². The number of epoxide rings is 1. The number of carbonyl (C=O) groups excluding carboxylic acids is 2. The van der Waals surface area contributed by atoms with Gasteiger partial charge in [0.25, 0.3) is 0 Å². The van der Waals surface area contributed by atoms with Crippen LogP contribution in [0.15, 0.2) is 22.6 Å². The molecule has 1 aromatic heterocycles. The minimum absolute atomic E-state index is 0.0857. The second kappa shape index (κ2) is 11.6. The summed E-state index contributed by atoms with van der Waals surface area (Å²) < 4.78 is 17.7. The second-order valence-electron chi connectivity index (χ2n) is 12.2. The summed E-state index contributed by atoms with van der Waals surface area (Å²) in [7, 11) is 0. The molecule has 0 spiro atoms. The summed E-state index contributed by atoms with van der Waals surface area (Å²) in [5.74, 6) is -1.10. The molecule has 3 heterocycles. The highest BCUT2D eigenvalue weighted by Crippen LogP contribution is 2.47. The molecule has 2 aliphatic heterocycles. The van der Waals surface area contributed by atoms with Gasteiger partial charge in [0.2, 0.25) is 5.89 Å². The summed E-state index contributed by atoms with van der Waals surface area (Å²) in [4.78, 5) is 31.2. The Balaban J connectivity index is 1.63. The van der Waals surface area contributed by atoms with E-state index in [1.165, 1.54) is 0 Å². The fourth-order valence-electron chi connectivity index (χ4n) is 5.91. The molecule has 9 nitrogen and oxygen atoms in total. The van der Waals surface area contributed by atoms with E-state index in [2.05, 4.69) is 11.9 Å². The maximum atomic E-state index is 13.7. The number of nitrogens with two attached hydrogens (primary N) is 1. The number of cyclic esters (lactones) is 1. The first-order chi connectivity index (χ1) is 18.4. The summed E-state index contributed by atoms with van der Waals surface area (Å²) in [6.07, 6.45) is 0.938. The number of hydrogen-bond acceptors (Lipinski definition) is 9. The number of aromatic nitrogens is 1. The third-order valence-electron chi connectivity index (χ3n) is 8.83. The summed E-state index contributed by atoms with van der Waals surface area (Å²) in [6, 6.07) is 5.45. The molecule has 2 aromatic rings. The van der Waals surface area contributed by atoms with Gasteiger partial charge in [-0.2, -0.15) is 0 Å². The van der Waals surface area contributed by atoms with Gasteiger partial charge in [-0.25, -0.2) is 4.98 Å². The molecule has 0 radical (unpaired) electrons. The molecule has 2 saturated heterocycles. The zero-order valence-corrected chi connectivity index (χ0v) is 23.8. The molecule has 2 aliphatic rings. The highest BCUT2D eigenvalue weighted by molar-refractivity contribution is 5.88. The van der Waals surface area contributed by atoms with Crippen LogP contribution in [0.5, 0.6) is 0 Å². The van der Waals surface area contributed by atoms with Gasteiger partial charge in [0, 0.05) is 12.3 Å². The number of aliphatic hydroxyl groups excluding tert-OH is 2. The number of esters is 1. The Labute approximate surface area is 230 Å². The first-order valence-corrected chi connectivity index (χ1v) is 14.3. The van der Waals surface area contributed by atoms with Crippen molar-refractivity contribution in [2.75, 3.05) is 0 Å². The van der Waals surface area contributed by atoms with Crippen LogP contribution in [-0.4, -0.2) is 50.9 Å². The fourth-order valence-corrected chi connectivity index (χ4v) is 5.91. The molecule has 2 fully saturated rings. The Bertz CT molecular complexity index is 1180. The number of nitrogens with zero attached hydrogens (tertiary/aromatic N) is 1. The van der Waals surface area contributed by atoms with Crippen molar-refractivity contribution in [1.82, 2.24) is 4.98 Å². The molecular formula is C30H44N2O7. The van der Waals surface area contributed by atoms with Gasteiger partial charge in [0.05, 0.1) is 42.3 Å². The first kappa shape index (κ1) is 29.6. The Morgan fingerprint density at radius 3 is 2.62 bits per heavy atom. The van der Waals surface area contributed by atoms with Crippen LogP contribution in [0.4, 0.5) is 0 Å². The third kappa shape index (κ3) is 6.37. The minimum atomic E-state index is -1.26. The quantitative estimate of drug-likeness (QED) is 0.377. The highest BCUT2D eigenvalue weighted by Gasteiger charge is 2.53. The average molecular weight is 545 g/mol. The molecule has 9 heteroatoms. The Morgan fingerprint density at radius 1 is 1.18 bits per heavy atom. The lowest BCUT2D eigenvalue weighted by Gasteiger charge is -2.36. The van der Waals surface area contributed by atoms with E-state index in [1.54, 1.807) is 19.9 Å². The van der Waals surface area contributed by atoms with E-state index in [1.807, 2.05) is 26.0 Å². The third-order valence-corrected chi connectivity index (χ3v) is 8.83. The van der Waals surface area contributed by atoms with Crippen molar-refractivity contribution in [3.05, 3.63) is 29.7 Å². The van der Waals surface area contributed by atoms with Crippen LogP contribution in [-0.2, 0) is 25.6 Å². The fraction of sp³-hybridized carbons (Fsp3) is 0.700. The van der Waals surface area contributed by atoms with Crippen molar-refractivity contribution < 1.29 is 33.7 Å². The van der Waals surface area contributed by atoms with E-state index in [4.69, 9.17) is 19.6 Å². The molecule has 0 bridgehead atoms. The van der Waals surface area contributed by atoms with E-state index in [9.17, 15) is 19.8 Å². The normalized spacial score (nSPS) is 34.5. The summed E-state index contributed by atoms with van der Waals surface area (Å²) >= 11 is 0. The topological polar surface area (TPSA) is 148 Å². The first-order valence-electron chi connectivity index (χ1n) is 14.3. The van der Waals surface area contributed by atoms with Crippen LogP contribution >= 0.6 is 0 Å². The van der Waals surface area contributed by atoms with Gasteiger partial charge in [-0.3, -0.25) is 9.59 Å². The molecule has 7 atom stereocenters. The summed E-state index contributed by atoms with van der Waals surface area (Å²) in [5.41, 5.74) is 6.06. The Morgan fingerprint density at radius 2 is 1.92 bits per heavy atom. The van der Waals surface area contributed by atoms with Crippen LogP contribution in [0.3, 0.4) is 0 Å². The molecule has 4 N–H and O–H groups in total. The van der Waals surface area contributed by atoms with Crippen molar-refractivity contribution >= 4 is 22.9 Å². The van der Waals surface area contributed by atoms with Crippen LogP contribution in [0, 0.1) is 17.3 Å². The molecule has 0 saturated carbocycles. The van der Waals surface area contributed by atoms with Gasteiger partial charge < -0.3 is 29.8 Å². The van der Waals surface area contributed by atoms with E-state index in [-0.39, 0.29) is 36.4 Å². The van der Waals surface area contributed by atoms with Gasteiger partial charge in [-0.15, -0.1) is 0 Å². The molecule has 216 valence electrons. The monoisotopic (exact) mass is 544 g/mol. The van der Waals surface area contributed by atoms with Crippen LogP contribution < -0.4 is 5.73 Å². The number of Topliss-reactive ketones (excluding diaryl/α,β-unsaturated/α-hetero) is 1. The summed E-state index contributed by atoms with van der Waals surface area (Å²) in [5, 5.41) is 22.3. The van der Waals surface area contributed by atoms with E-state index in [0.717, 1.165) is 31.2 Å². The minimum Gasteiger partial charge on any atom is -0.457 e. The molecule has 1 aromatic carbocycles. The van der Waals surface area contributed by atoms with Gasteiger partial charge in [-0.1, -0.05) is 46.6 Å². The zero-order valence-electron chi connectivity index (χ0n) is 23.8. The Kier molecular flexibility index (Phi) is 8.86. The van der Waals surface area contributed by atoms with Crippen molar-refractivity contribution in [3.8, 4) is 0 Å². The van der Waals surface area contributed by atoms with Gasteiger partial charge >= 0.3 is 5.97 Å². The van der Waals surface area contributed by atoms with Crippen LogP contribution in [0.1, 0.15) is 97.1 Å². The predicted octanol–water partition coefficient (Wildman–Crippen LogP) is 4.36. The largest absolute Gasteiger partial charge is 0.457 e. The van der Waals surface area contributed by atoms with Crippen LogP contribution in [0.2, 0.25) is 0 Å². The number of fused-ring (bicyclic) bond motifs is 2. The number of oxazole rings is 1. The predicted molar refractivity (Wildman–Crippen MR) is 145 cm³/mol. The Hall–Kier alpha value is -2.33. The number of carbonyl (C=O) groups is 2. The lowest BCUT2D eigenvalue weighted by atomic mass is 9.71. The van der Waals surface area contributed by atoms with Crippen molar-refractivity contribution in [3.63, 3.8) is 0 Å². The van der Waals surface area contributed by atoms with Crippen LogP contribution in [0.25, 0.3) is 11.1 Å². The molecule has 0 amide bonds. The number of benzene rings is 1. The smallest absolute Gasteiger partial charge is 0.309 e. The maximum Gasteiger partial charge on any atom is 0.309 e. The SMILES string of the molecule is CCC[C@H]1C(=O)C(C)(C)[C@@H](O)CC(=O)O[C@H](c2ccc3oc(CN)nc3c2)C[C@@H]2OC2(C)CCCC(C)[C@@H]1O. The summed E-state index contributed by atoms with van der Waals surface area (Å²) in [6.45, 7) is 9.48. The maximum absolute atomic E-state index is 13.7. The lowest BCUT2D eigenvalue weighted by Crippen LogP contribution is -2.46. The average Bonchev–Trinajstić information content (AvgIpc) is 3.33. The number of ether oxygens (including phenoxy) is 2. The molecule has 39 heavy (non-hydrogen) atoms. The van der Waals surface area contributed by atoms with Gasteiger partial charge in [-0.05, 0) is 49.8 Å². The number of rotatable bonds is 4. The molecule has 0 aliphatic carbocycles. The molecule has 2 unspecified atom stereocenters. The van der Waals surface area contributed by atoms with Crippen molar-refractivity contribution in [1.29, 1.82) is 0 Å². The number of ketones is 1. The van der Waals surface area contributed by atoms with E-state index < -0.39 is 35.6 Å². The standard InChI is InChI=1S/C30H44N2O7/c1-6-8-19-27(35)17(2)9-7-12-30(5)24(39-30)14-22(38-26(34)15-23(33)29(3,4)28(19)36)18-10-11-21-20(13-18)32-25(16-31)37-21/h10-11,13,17,19,22-24,27,33,35H,6-9,12,14-16,31H2,1-5H3/t17?,19-,22+,23+,24+,27+,30?/m1/s1. The van der Waals surface area contributed by atoms with Crippen molar-refractivity contribution in [2.24, 2.45) is 23.0 Å². The van der Waals surface area contributed by atoms with E-state index >= 15 is 0 Å². The molecular weight excluding hydrogens is 500 g/mol. The lowest BCUT2D eigenvalue weighted by molar-refractivity contribution is -0.156. The van der Waals surface area contributed by atoms with E-state index in [0.29, 0.717) is 29.8 Å². The highest BCUT2D eigenvalue weighted by atomic mass is 16.6. The van der Waals surface area contributed by atoms with Gasteiger partial charge in [0.1, 0.15) is 17.4 Å².